The third-order valence-electron chi connectivity index (χ3n) is 28.7. The SMILES string of the molecule is CC1(C)CCN2CCC(C)(C)c3c2c1cc1cc(-c2ccc(N(c4ccc(-c5cc6cc7c8c(c6oc5=O)C(C)(C)CCN8CCC7(C)C)cc4)c4cc5ccc6cc(N(c7ccc(-c8cc9cc%10c%11c(c9oc8=O)C(C)(C)CCN%11CCC%10(C)C)cc7)c7ccc(-c8cccc9ccccc89)cc7)cc7ccc(c4)c5c67)cc2)c(=O)oc31. The number of hydrogen-bond acceptors (Lipinski definition) is 11. The van der Waals surface area contributed by atoms with E-state index in [1.165, 1.54) is 50.1 Å². The van der Waals surface area contributed by atoms with E-state index < -0.39 is 0 Å². The van der Waals surface area contributed by atoms with Gasteiger partial charge in [0.05, 0.1) is 16.7 Å². The van der Waals surface area contributed by atoms with Crippen molar-refractivity contribution < 1.29 is 13.3 Å². The Labute approximate surface area is 687 Å². The minimum absolute atomic E-state index is 0.0289. The number of rotatable bonds is 10. The Morgan fingerprint density at radius 2 is 0.542 bits per heavy atom. The summed E-state index contributed by atoms with van der Waals surface area (Å²) in [7, 11) is 0. The van der Waals surface area contributed by atoms with E-state index in [0.717, 1.165) is 199 Å². The number of hydrogen-bond donors (Lipinski definition) is 0. The van der Waals surface area contributed by atoms with Gasteiger partial charge in [-0.2, -0.15) is 0 Å². The largest absolute Gasteiger partial charge is 0.422 e. The van der Waals surface area contributed by atoms with Crippen molar-refractivity contribution in [3.05, 3.63) is 289 Å². The van der Waals surface area contributed by atoms with E-state index in [4.69, 9.17) is 13.3 Å². The van der Waals surface area contributed by atoms with E-state index in [1.54, 1.807) is 0 Å². The molecule has 0 atom stereocenters. The fourth-order valence-electron chi connectivity index (χ4n) is 21.7. The molecular formula is C107H97N5O6. The molecule has 11 nitrogen and oxygen atoms in total. The Bertz CT molecular complexity index is 6890. The molecule has 0 amide bonds. The highest BCUT2D eigenvalue weighted by Crippen LogP contribution is 2.57. The molecule has 586 valence electrons. The topological polar surface area (TPSA) is 107 Å². The summed E-state index contributed by atoms with van der Waals surface area (Å²) in [6.45, 7) is 33.9. The molecular weight excluding hydrogens is 1450 g/mol. The Kier molecular flexibility index (Phi) is 15.6. The van der Waals surface area contributed by atoms with Crippen LogP contribution in [0.15, 0.2) is 252 Å². The minimum Gasteiger partial charge on any atom is -0.422 e. The lowest BCUT2D eigenvalue weighted by Gasteiger charge is -2.48. The van der Waals surface area contributed by atoms with Gasteiger partial charge in [0, 0.05) is 123 Å². The van der Waals surface area contributed by atoms with Gasteiger partial charge in [-0.15, -0.1) is 0 Å². The number of benzene rings is 13. The minimum atomic E-state index is -0.355. The van der Waals surface area contributed by atoms with Crippen LogP contribution in [0.3, 0.4) is 0 Å². The summed E-state index contributed by atoms with van der Waals surface area (Å²) in [4.78, 5) is 56.1. The highest BCUT2D eigenvalue weighted by atomic mass is 16.4. The maximum Gasteiger partial charge on any atom is 0.344 e. The van der Waals surface area contributed by atoms with Crippen LogP contribution < -0.4 is 41.4 Å². The van der Waals surface area contributed by atoms with E-state index in [1.807, 2.05) is 0 Å². The Morgan fingerprint density at radius 1 is 0.263 bits per heavy atom. The van der Waals surface area contributed by atoms with Crippen LogP contribution in [0.5, 0.6) is 0 Å². The van der Waals surface area contributed by atoms with Gasteiger partial charge in [-0.05, 0) is 268 Å². The first-order chi connectivity index (χ1) is 56.6. The maximum atomic E-state index is 14.7. The van der Waals surface area contributed by atoms with Crippen molar-refractivity contribution in [2.45, 2.75) is 154 Å². The normalized spacial score (nSPS) is 17.7. The molecule has 0 bridgehead atoms. The first-order valence-corrected chi connectivity index (χ1v) is 42.6. The molecule has 0 saturated carbocycles. The maximum absolute atomic E-state index is 14.7. The molecule has 0 N–H and O–H groups in total. The van der Waals surface area contributed by atoms with Crippen LogP contribution in [0.4, 0.5) is 51.2 Å². The van der Waals surface area contributed by atoms with Gasteiger partial charge < -0.3 is 37.8 Å². The van der Waals surface area contributed by atoms with E-state index in [0.29, 0.717) is 33.4 Å². The number of fused-ring (bicyclic) bond motifs is 7. The zero-order valence-corrected chi connectivity index (χ0v) is 69.5. The molecule has 0 aliphatic carbocycles. The van der Waals surface area contributed by atoms with Crippen molar-refractivity contribution in [1.82, 2.24) is 0 Å². The summed E-state index contributed by atoms with van der Waals surface area (Å²) >= 11 is 0. The van der Waals surface area contributed by atoms with Crippen molar-refractivity contribution >= 4 is 127 Å². The lowest BCUT2D eigenvalue weighted by Crippen LogP contribution is -2.44. The van der Waals surface area contributed by atoms with Gasteiger partial charge in [-0.25, -0.2) is 14.4 Å². The average molecular weight is 1550 g/mol. The van der Waals surface area contributed by atoms with Crippen LogP contribution in [-0.4, -0.2) is 39.3 Å². The van der Waals surface area contributed by atoms with Crippen molar-refractivity contribution in [1.29, 1.82) is 0 Å². The fraction of sp³-hybridized carbons (Fsp3) is 0.280. The first-order valence-electron chi connectivity index (χ1n) is 42.6. The van der Waals surface area contributed by atoms with Gasteiger partial charge in [0.15, 0.2) is 0 Å². The second-order valence-electron chi connectivity index (χ2n) is 38.9. The van der Waals surface area contributed by atoms with Crippen LogP contribution >= 0.6 is 0 Å². The fourth-order valence-corrected chi connectivity index (χ4v) is 21.7. The van der Waals surface area contributed by atoms with Crippen LogP contribution in [0.25, 0.3) is 121 Å². The Morgan fingerprint density at radius 3 is 0.856 bits per heavy atom. The standard InChI is InChI=1S/C107H97N5O6/c1-102(2)40-46-108-49-43-105(7,8)90-93(108)85(102)59-71-56-82(99(113)116-96(71)90)64-26-34-75(35-27-64)111(74-32-24-63(25-33-74)81-19-15-17-62-16-13-14-18-80(62)81)78-52-67-20-22-69-54-79(55-70-23-21-68(53-78)88(67)89(69)70)112(76-36-28-65(29-37-76)83-57-72-60-86-94-91(97(72)117-100(83)114)106(9,10)44-50-109(94)47-41-103(86,3)4)77-38-30-66(31-39-77)84-58-73-61-87-95-92(98(73)118-101(84)115)107(11,12)45-51-110(95)48-42-104(87,5)6/h13-39,52-61H,40-51H2,1-12H3. The van der Waals surface area contributed by atoms with Crippen LogP contribution in [-0.2, 0) is 32.5 Å². The summed E-state index contributed by atoms with van der Waals surface area (Å²) in [6, 6.07) is 80.5. The molecule has 22 rings (SSSR count). The molecule has 16 aromatic rings. The second kappa shape index (κ2) is 25.4. The molecule has 118 heavy (non-hydrogen) atoms. The van der Waals surface area contributed by atoms with Gasteiger partial charge in [0.2, 0.25) is 0 Å². The molecule has 11 heteroatoms. The van der Waals surface area contributed by atoms with E-state index in [2.05, 4.69) is 332 Å². The van der Waals surface area contributed by atoms with Crippen molar-refractivity contribution in [3.63, 3.8) is 0 Å². The lowest BCUT2D eigenvalue weighted by molar-refractivity contribution is 0.398. The number of nitrogens with zero attached hydrogens (tertiary/aromatic N) is 5. The van der Waals surface area contributed by atoms with Gasteiger partial charge in [0.25, 0.3) is 0 Å². The number of anilines is 9. The predicted molar refractivity (Wildman–Crippen MR) is 489 cm³/mol. The monoisotopic (exact) mass is 1550 g/mol. The second-order valence-corrected chi connectivity index (χ2v) is 38.9. The van der Waals surface area contributed by atoms with E-state index in [9.17, 15) is 14.4 Å². The summed E-state index contributed by atoms with van der Waals surface area (Å²) in [5.41, 5.74) is 23.4. The first kappa shape index (κ1) is 72.3. The summed E-state index contributed by atoms with van der Waals surface area (Å²) < 4.78 is 19.7. The average Bonchev–Trinajstić information content (AvgIpc) is 0.725. The van der Waals surface area contributed by atoms with Crippen LogP contribution in [0, 0.1) is 0 Å². The van der Waals surface area contributed by atoms with Crippen molar-refractivity contribution in [2.75, 3.05) is 63.8 Å². The molecule has 0 spiro atoms. The van der Waals surface area contributed by atoms with Crippen molar-refractivity contribution in [2.24, 2.45) is 0 Å². The molecule has 0 saturated heterocycles. The molecule has 13 aromatic carbocycles. The quantitative estimate of drug-likeness (QED) is 0.0965. The van der Waals surface area contributed by atoms with Crippen LogP contribution in [0.2, 0.25) is 0 Å². The lowest BCUT2D eigenvalue weighted by atomic mass is 9.69. The smallest absolute Gasteiger partial charge is 0.344 e. The zero-order valence-electron chi connectivity index (χ0n) is 69.5. The third kappa shape index (κ3) is 11.1. The Balaban J connectivity index is 0.661. The predicted octanol–water partition coefficient (Wildman–Crippen LogP) is 26.2. The van der Waals surface area contributed by atoms with Crippen molar-refractivity contribution in [3.8, 4) is 44.5 Å². The van der Waals surface area contributed by atoms with E-state index >= 15 is 0 Å². The van der Waals surface area contributed by atoms with Crippen LogP contribution in [0.1, 0.15) is 155 Å². The highest BCUT2D eigenvalue weighted by Gasteiger charge is 2.46. The molecule has 0 fully saturated rings. The molecule has 3 aromatic heterocycles. The third-order valence-corrected chi connectivity index (χ3v) is 28.7. The van der Waals surface area contributed by atoms with Gasteiger partial charge in [-0.1, -0.05) is 198 Å². The summed E-state index contributed by atoms with van der Waals surface area (Å²) in [5.74, 6) is 0. The van der Waals surface area contributed by atoms with Gasteiger partial charge in [0.1, 0.15) is 16.7 Å². The summed E-state index contributed by atoms with van der Waals surface area (Å²) in [6.07, 6.45) is 6.13. The molecule has 0 unspecified atom stereocenters. The molecule has 6 aliphatic rings. The van der Waals surface area contributed by atoms with E-state index in [-0.39, 0.29) is 49.4 Å². The molecule has 9 heterocycles. The highest BCUT2D eigenvalue weighted by molar-refractivity contribution is 6.25. The van der Waals surface area contributed by atoms with Gasteiger partial charge in [-0.3, -0.25) is 0 Å². The summed E-state index contributed by atoms with van der Waals surface area (Å²) in [5, 5.41) is 11.9. The Hall–Kier alpha value is -12.2. The molecule has 6 aliphatic heterocycles. The van der Waals surface area contributed by atoms with Gasteiger partial charge >= 0.3 is 16.9 Å². The zero-order chi connectivity index (χ0) is 80.8. The molecule has 0 radical (unpaired) electrons.